The zero-order valence-electron chi connectivity index (χ0n) is 14.5. The molecule has 0 N–H and O–H groups in total. The summed E-state index contributed by atoms with van der Waals surface area (Å²) < 4.78 is 10.6. The molecule has 0 saturated carbocycles. The molecule has 128 valence electrons. The average Bonchev–Trinajstić information content (AvgIpc) is 2.63. The zero-order valence-corrected chi connectivity index (χ0v) is 14.5. The summed E-state index contributed by atoms with van der Waals surface area (Å²) in [4.78, 5) is 14.4. The van der Waals surface area contributed by atoms with Crippen LogP contribution in [0, 0.1) is 0 Å². The van der Waals surface area contributed by atoms with Crippen LogP contribution in [0.2, 0.25) is 0 Å². The fraction of sp³-hybridized carbons (Fsp3) is 0.286. The summed E-state index contributed by atoms with van der Waals surface area (Å²) in [5, 5.41) is 0.954. The van der Waals surface area contributed by atoms with Gasteiger partial charge in [-0.2, -0.15) is 0 Å². The standard InChI is InChI=1S/C21H21NO3/c1-14-7-8-15-5-3-4-6-19(15)22(14)13-16-11-21(23)25-20-12-17(24-2)9-10-18(16)20/h3-6,9-12,14H,7-8,13H2,1-2H3/t14-/m0/s1. The molecule has 0 aliphatic carbocycles. The highest BCUT2D eigenvalue weighted by Gasteiger charge is 2.23. The summed E-state index contributed by atoms with van der Waals surface area (Å²) in [5.41, 5.74) is 3.86. The topological polar surface area (TPSA) is 42.7 Å². The van der Waals surface area contributed by atoms with E-state index in [1.807, 2.05) is 12.1 Å². The van der Waals surface area contributed by atoms with Crippen molar-refractivity contribution in [1.29, 1.82) is 0 Å². The molecule has 1 aromatic heterocycles. The van der Waals surface area contributed by atoms with Crippen LogP contribution in [0.3, 0.4) is 0 Å². The number of methoxy groups -OCH3 is 1. The third-order valence-corrected chi connectivity index (χ3v) is 5.04. The van der Waals surface area contributed by atoms with Gasteiger partial charge in [0.25, 0.3) is 0 Å². The van der Waals surface area contributed by atoms with Crippen molar-refractivity contribution < 1.29 is 9.15 Å². The predicted molar refractivity (Wildman–Crippen MR) is 99.4 cm³/mol. The van der Waals surface area contributed by atoms with Crippen LogP contribution in [0.15, 0.2) is 57.7 Å². The first kappa shape index (κ1) is 15.8. The van der Waals surface area contributed by atoms with E-state index in [1.165, 1.54) is 11.3 Å². The molecule has 1 atom stereocenters. The van der Waals surface area contributed by atoms with Crippen molar-refractivity contribution in [2.75, 3.05) is 12.0 Å². The Morgan fingerprint density at radius 1 is 1.20 bits per heavy atom. The molecule has 2 heterocycles. The van der Waals surface area contributed by atoms with Gasteiger partial charge < -0.3 is 14.1 Å². The number of rotatable bonds is 3. The Morgan fingerprint density at radius 2 is 2.04 bits per heavy atom. The summed E-state index contributed by atoms with van der Waals surface area (Å²) in [6.45, 7) is 2.93. The van der Waals surface area contributed by atoms with Crippen LogP contribution < -0.4 is 15.3 Å². The highest BCUT2D eigenvalue weighted by molar-refractivity contribution is 5.82. The molecule has 1 aliphatic rings. The molecule has 1 aliphatic heterocycles. The Kier molecular flexibility index (Phi) is 3.96. The molecule has 25 heavy (non-hydrogen) atoms. The van der Waals surface area contributed by atoms with E-state index in [4.69, 9.17) is 9.15 Å². The Balaban J connectivity index is 1.79. The normalized spacial score (nSPS) is 16.7. The summed E-state index contributed by atoms with van der Waals surface area (Å²) in [7, 11) is 1.61. The predicted octanol–water partition coefficient (Wildman–Crippen LogP) is 4.14. The lowest BCUT2D eigenvalue weighted by Crippen LogP contribution is -2.36. The Labute approximate surface area is 146 Å². The van der Waals surface area contributed by atoms with Crippen molar-refractivity contribution in [1.82, 2.24) is 0 Å². The van der Waals surface area contributed by atoms with Gasteiger partial charge in [-0.3, -0.25) is 0 Å². The van der Waals surface area contributed by atoms with Crippen molar-refractivity contribution in [2.45, 2.75) is 32.4 Å². The second-order valence-corrected chi connectivity index (χ2v) is 6.60. The number of hydrogen-bond acceptors (Lipinski definition) is 4. The molecular formula is C21H21NO3. The third-order valence-electron chi connectivity index (χ3n) is 5.04. The SMILES string of the molecule is COc1ccc2c(CN3c4ccccc4CC[C@@H]3C)cc(=O)oc2c1. The Morgan fingerprint density at radius 3 is 2.88 bits per heavy atom. The molecule has 4 rings (SSSR count). The van der Waals surface area contributed by atoms with Crippen LogP contribution in [-0.2, 0) is 13.0 Å². The van der Waals surface area contributed by atoms with Gasteiger partial charge in [0.1, 0.15) is 11.3 Å². The molecular weight excluding hydrogens is 314 g/mol. The van der Waals surface area contributed by atoms with Gasteiger partial charge in [0.15, 0.2) is 0 Å². The van der Waals surface area contributed by atoms with E-state index in [2.05, 4.69) is 36.1 Å². The number of fused-ring (bicyclic) bond motifs is 2. The van der Waals surface area contributed by atoms with Crippen LogP contribution in [-0.4, -0.2) is 13.2 Å². The number of anilines is 1. The monoisotopic (exact) mass is 335 g/mol. The summed E-state index contributed by atoms with van der Waals surface area (Å²) >= 11 is 0. The van der Waals surface area contributed by atoms with E-state index in [9.17, 15) is 4.79 Å². The first-order valence-corrected chi connectivity index (χ1v) is 8.61. The van der Waals surface area contributed by atoms with Gasteiger partial charge in [-0.05, 0) is 49.1 Å². The van der Waals surface area contributed by atoms with E-state index in [1.54, 1.807) is 19.2 Å². The van der Waals surface area contributed by atoms with Crippen molar-refractivity contribution >= 4 is 16.7 Å². The van der Waals surface area contributed by atoms with Gasteiger partial charge in [0, 0.05) is 35.8 Å². The van der Waals surface area contributed by atoms with Crippen LogP contribution in [0.25, 0.3) is 11.0 Å². The minimum absolute atomic E-state index is 0.325. The number of hydrogen-bond donors (Lipinski definition) is 0. The highest BCUT2D eigenvalue weighted by Crippen LogP contribution is 2.33. The van der Waals surface area contributed by atoms with Crippen LogP contribution in [0.5, 0.6) is 5.75 Å². The zero-order chi connectivity index (χ0) is 17.4. The van der Waals surface area contributed by atoms with Gasteiger partial charge in [0.2, 0.25) is 0 Å². The third kappa shape index (κ3) is 2.88. The maximum atomic E-state index is 12.0. The average molecular weight is 335 g/mol. The van der Waals surface area contributed by atoms with Gasteiger partial charge in [-0.1, -0.05) is 18.2 Å². The van der Waals surface area contributed by atoms with E-state index in [0.717, 1.165) is 23.8 Å². The lowest BCUT2D eigenvalue weighted by Gasteiger charge is -2.37. The van der Waals surface area contributed by atoms with Crippen molar-refractivity contribution in [3.63, 3.8) is 0 Å². The molecule has 4 nitrogen and oxygen atoms in total. The van der Waals surface area contributed by atoms with Crippen molar-refractivity contribution in [2.24, 2.45) is 0 Å². The minimum atomic E-state index is -0.325. The molecule has 0 spiro atoms. The second-order valence-electron chi connectivity index (χ2n) is 6.60. The molecule has 0 amide bonds. The quantitative estimate of drug-likeness (QED) is 0.675. The molecule has 0 radical (unpaired) electrons. The van der Waals surface area contributed by atoms with Gasteiger partial charge in [-0.25, -0.2) is 4.79 Å². The molecule has 2 aromatic carbocycles. The molecule has 0 bridgehead atoms. The van der Waals surface area contributed by atoms with Crippen molar-refractivity contribution in [3.8, 4) is 5.75 Å². The first-order valence-electron chi connectivity index (χ1n) is 8.61. The highest BCUT2D eigenvalue weighted by atomic mass is 16.5. The van der Waals surface area contributed by atoms with E-state index in [0.29, 0.717) is 23.9 Å². The Bertz CT molecular complexity index is 976. The van der Waals surface area contributed by atoms with Crippen LogP contribution >= 0.6 is 0 Å². The number of ether oxygens (including phenoxy) is 1. The fourth-order valence-corrected chi connectivity index (χ4v) is 3.65. The maximum Gasteiger partial charge on any atom is 0.336 e. The second kappa shape index (κ2) is 6.28. The summed E-state index contributed by atoms with van der Waals surface area (Å²) in [6.07, 6.45) is 2.22. The van der Waals surface area contributed by atoms with Crippen LogP contribution in [0.4, 0.5) is 5.69 Å². The van der Waals surface area contributed by atoms with E-state index in [-0.39, 0.29) is 5.63 Å². The lowest BCUT2D eigenvalue weighted by molar-refractivity contribution is 0.414. The van der Waals surface area contributed by atoms with Crippen molar-refractivity contribution in [3.05, 3.63) is 70.1 Å². The van der Waals surface area contributed by atoms with Gasteiger partial charge >= 0.3 is 5.63 Å². The molecule has 0 fully saturated rings. The lowest BCUT2D eigenvalue weighted by atomic mass is 9.95. The minimum Gasteiger partial charge on any atom is -0.497 e. The van der Waals surface area contributed by atoms with Gasteiger partial charge in [0.05, 0.1) is 7.11 Å². The number of aryl methyl sites for hydroxylation is 1. The van der Waals surface area contributed by atoms with Crippen LogP contribution in [0.1, 0.15) is 24.5 Å². The largest absolute Gasteiger partial charge is 0.497 e. The molecule has 0 unspecified atom stereocenters. The molecule has 4 heteroatoms. The number of nitrogens with zero attached hydrogens (tertiary/aromatic N) is 1. The van der Waals surface area contributed by atoms with E-state index >= 15 is 0 Å². The molecule has 3 aromatic rings. The Hall–Kier alpha value is -2.75. The summed E-state index contributed by atoms with van der Waals surface area (Å²) in [5.74, 6) is 0.685. The fourth-order valence-electron chi connectivity index (χ4n) is 3.65. The first-order chi connectivity index (χ1) is 12.2. The summed E-state index contributed by atoms with van der Waals surface area (Å²) in [6, 6.07) is 16.2. The molecule has 0 saturated heterocycles. The maximum absolute atomic E-state index is 12.0. The van der Waals surface area contributed by atoms with Gasteiger partial charge in [-0.15, -0.1) is 0 Å². The smallest absolute Gasteiger partial charge is 0.336 e. The number of benzene rings is 2. The van der Waals surface area contributed by atoms with E-state index < -0.39 is 0 Å². The number of para-hydroxylation sites is 1.